The lowest BCUT2D eigenvalue weighted by Crippen LogP contribution is -2.11. The molecule has 0 aliphatic rings. The first-order chi connectivity index (χ1) is 9.49. The summed E-state index contributed by atoms with van der Waals surface area (Å²) < 4.78 is 12.2. The van der Waals surface area contributed by atoms with E-state index in [9.17, 15) is 9.00 Å². The highest BCUT2D eigenvalue weighted by molar-refractivity contribution is 7.85. The van der Waals surface area contributed by atoms with Crippen LogP contribution in [0, 0.1) is 6.92 Å². The van der Waals surface area contributed by atoms with Crippen molar-refractivity contribution in [2.75, 3.05) is 5.75 Å². The van der Waals surface area contributed by atoms with E-state index in [4.69, 9.17) is 23.2 Å². The number of hydrogen-bond acceptors (Lipinski definition) is 2. The fourth-order valence-corrected chi connectivity index (χ4v) is 3.28. The highest BCUT2D eigenvalue weighted by Crippen LogP contribution is 2.23. The van der Waals surface area contributed by atoms with Crippen molar-refractivity contribution < 1.29 is 9.00 Å². The van der Waals surface area contributed by atoms with Crippen LogP contribution in [-0.2, 0) is 10.8 Å². The maximum Gasteiger partial charge on any atom is 0.175 e. The van der Waals surface area contributed by atoms with Gasteiger partial charge in [-0.05, 0) is 36.8 Å². The van der Waals surface area contributed by atoms with E-state index in [0.717, 1.165) is 5.56 Å². The Bertz CT molecular complexity index is 683. The van der Waals surface area contributed by atoms with E-state index in [2.05, 4.69) is 0 Å². The lowest BCUT2D eigenvalue weighted by molar-refractivity contribution is 0.102. The third-order valence-electron chi connectivity index (χ3n) is 2.84. The number of halogens is 2. The Morgan fingerprint density at radius 1 is 1.10 bits per heavy atom. The van der Waals surface area contributed by atoms with E-state index < -0.39 is 10.8 Å². The van der Waals surface area contributed by atoms with Gasteiger partial charge in [-0.3, -0.25) is 9.00 Å². The zero-order chi connectivity index (χ0) is 14.7. The van der Waals surface area contributed by atoms with Gasteiger partial charge in [-0.15, -0.1) is 0 Å². The van der Waals surface area contributed by atoms with Crippen LogP contribution in [-0.4, -0.2) is 15.7 Å². The first kappa shape index (κ1) is 15.2. The Hall–Kier alpha value is -1.16. The Kier molecular flexibility index (Phi) is 4.97. The van der Waals surface area contributed by atoms with Crippen LogP contribution in [0.1, 0.15) is 15.9 Å². The number of carbonyl (C=O) groups excluding carboxylic acids is 1. The van der Waals surface area contributed by atoms with Crippen molar-refractivity contribution in [3.8, 4) is 0 Å². The Balaban J connectivity index is 2.17. The van der Waals surface area contributed by atoms with Crippen molar-refractivity contribution >= 4 is 39.8 Å². The molecule has 0 saturated heterocycles. The average Bonchev–Trinajstić information content (AvgIpc) is 2.42. The van der Waals surface area contributed by atoms with Crippen molar-refractivity contribution in [1.82, 2.24) is 0 Å². The minimum Gasteiger partial charge on any atom is -0.293 e. The van der Waals surface area contributed by atoms with Gasteiger partial charge in [0.25, 0.3) is 0 Å². The predicted octanol–water partition coefficient (Wildman–Crippen LogP) is 4.29. The topological polar surface area (TPSA) is 34.1 Å². The molecule has 104 valence electrons. The second-order valence-corrected chi connectivity index (χ2v) is 6.54. The SMILES string of the molecule is Cc1ccccc1S(=O)CC(=O)c1ccc(Cl)c(Cl)c1. The van der Waals surface area contributed by atoms with Gasteiger partial charge >= 0.3 is 0 Å². The fraction of sp³-hybridized carbons (Fsp3) is 0.133. The van der Waals surface area contributed by atoms with Crippen LogP contribution in [0.2, 0.25) is 10.0 Å². The van der Waals surface area contributed by atoms with E-state index >= 15 is 0 Å². The monoisotopic (exact) mass is 326 g/mol. The number of hydrogen-bond donors (Lipinski definition) is 0. The number of rotatable bonds is 4. The lowest BCUT2D eigenvalue weighted by atomic mass is 10.1. The van der Waals surface area contributed by atoms with E-state index in [1.54, 1.807) is 18.2 Å². The number of aryl methyl sites for hydroxylation is 1. The largest absolute Gasteiger partial charge is 0.293 e. The van der Waals surface area contributed by atoms with Gasteiger partial charge in [-0.1, -0.05) is 41.4 Å². The summed E-state index contributed by atoms with van der Waals surface area (Å²) in [6, 6.07) is 12.0. The molecule has 2 rings (SSSR count). The smallest absolute Gasteiger partial charge is 0.175 e. The van der Waals surface area contributed by atoms with Gasteiger partial charge in [0.05, 0.1) is 26.6 Å². The molecule has 20 heavy (non-hydrogen) atoms. The Morgan fingerprint density at radius 2 is 1.80 bits per heavy atom. The van der Waals surface area contributed by atoms with Crippen LogP contribution in [0.15, 0.2) is 47.4 Å². The molecule has 0 aliphatic heterocycles. The average molecular weight is 327 g/mol. The second-order valence-electron chi connectivity index (χ2n) is 4.31. The van der Waals surface area contributed by atoms with Gasteiger partial charge in [-0.25, -0.2) is 0 Å². The maximum atomic E-state index is 12.2. The van der Waals surface area contributed by atoms with E-state index in [1.165, 1.54) is 6.07 Å². The maximum absolute atomic E-state index is 12.2. The molecule has 0 saturated carbocycles. The standard InChI is InChI=1S/C15H12Cl2O2S/c1-10-4-2-3-5-15(10)20(19)9-14(18)11-6-7-12(16)13(17)8-11/h2-8H,9H2,1H3. The van der Waals surface area contributed by atoms with E-state index in [1.807, 2.05) is 25.1 Å². The summed E-state index contributed by atoms with van der Waals surface area (Å²) in [7, 11) is -1.36. The predicted molar refractivity (Wildman–Crippen MR) is 83.2 cm³/mol. The van der Waals surface area contributed by atoms with Crippen molar-refractivity contribution in [3.63, 3.8) is 0 Å². The van der Waals surface area contributed by atoms with Gasteiger partial charge in [0.15, 0.2) is 5.78 Å². The molecule has 5 heteroatoms. The van der Waals surface area contributed by atoms with Crippen LogP contribution in [0.5, 0.6) is 0 Å². The summed E-state index contributed by atoms with van der Waals surface area (Å²) in [5.74, 6) is -0.284. The molecule has 0 aromatic heterocycles. The molecular weight excluding hydrogens is 315 g/mol. The molecule has 0 N–H and O–H groups in total. The molecule has 2 aromatic carbocycles. The summed E-state index contributed by atoms with van der Waals surface area (Å²) in [4.78, 5) is 12.8. The molecule has 2 aromatic rings. The van der Waals surface area contributed by atoms with Gasteiger partial charge < -0.3 is 0 Å². The fourth-order valence-electron chi connectivity index (χ4n) is 1.76. The zero-order valence-electron chi connectivity index (χ0n) is 10.7. The number of ketones is 1. The lowest BCUT2D eigenvalue weighted by Gasteiger charge is -2.06. The third kappa shape index (κ3) is 3.48. The highest BCUT2D eigenvalue weighted by atomic mass is 35.5. The van der Waals surface area contributed by atoms with Crippen LogP contribution in [0.4, 0.5) is 0 Å². The molecule has 0 amide bonds. The minimum absolute atomic E-state index is 0.0667. The third-order valence-corrected chi connectivity index (χ3v) is 5.05. The molecule has 0 aliphatic carbocycles. The molecule has 0 radical (unpaired) electrons. The van der Waals surface area contributed by atoms with Crippen molar-refractivity contribution in [2.45, 2.75) is 11.8 Å². The Morgan fingerprint density at radius 3 is 2.45 bits per heavy atom. The number of Topliss-reactive ketones (excluding diaryl/α,β-unsaturated/α-hetero) is 1. The molecule has 0 heterocycles. The van der Waals surface area contributed by atoms with Gasteiger partial charge in [-0.2, -0.15) is 0 Å². The van der Waals surface area contributed by atoms with Crippen molar-refractivity contribution in [3.05, 3.63) is 63.6 Å². The first-order valence-electron chi connectivity index (χ1n) is 5.91. The van der Waals surface area contributed by atoms with Crippen molar-refractivity contribution in [2.24, 2.45) is 0 Å². The molecule has 1 unspecified atom stereocenters. The van der Waals surface area contributed by atoms with E-state index in [-0.39, 0.29) is 11.5 Å². The summed E-state index contributed by atoms with van der Waals surface area (Å²) in [6.07, 6.45) is 0. The van der Waals surface area contributed by atoms with Crippen LogP contribution in [0.25, 0.3) is 0 Å². The highest BCUT2D eigenvalue weighted by Gasteiger charge is 2.14. The summed E-state index contributed by atoms with van der Waals surface area (Å²) >= 11 is 11.7. The molecule has 0 spiro atoms. The van der Waals surface area contributed by atoms with Gasteiger partial charge in [0.1, 0.15) is 0 Å². The molecular formula is C15H12Cl2O2S. The molecule has 0 bridgehead atoms. The number of carbonyl (C=O) groups is 1. The van der Waals surface area contributed by atoms with Gasteiger partial charge in [0, 0.05) is 10.5 Å². The molecule has 1 atom stereocenters. The second kappa shape index (κ2) is 6.53. The normalized spacial score (nSPS) is 12.2. The first-order valence-corrected chi connectivity index (χ1v) is 7.99. The summed E-state index contributed by atoms with van der Waals surface area (Å²) in [5.41, 5.74) is 1.33. The summed E-state index contributed by atoms with van der Waals surface area (Å²) in [5, 5.41) is 0.711. The minimum atomic E-state index is -1.36. The molecule has 2 nitrogen and oxygen atoms in total. The van der Waals surface area contributed by atoms with Crippen molar-refractivity contribution in [1.29, 1.82) is 0 Å². The molecule has 0 fully saturated rings. The van der Waals surface area contributed by atoms with Gasteiger partial charge in [0.2, 0.25) is 0 Å². The Labute approximate surface area is 130 Å². The number of benzene rings is 2. The zero-order valence-corrected chi connectivity index (χ0v) is 13.1. The summed E-state index contributed by atoms with van der Waals surface area (Å²) in [6.45, 7) is 1.87. The quantitative estimate of drug-likeness (QED) is 0.785. The van der Waals surface area contributed by atoms with Crippen LogP contribution < -0.4 is 0 Å². The van der Waals surface area contributed by atoms with E-state index in [0.29, 0.717) is 20.5 Å². The van der Waals surface area contributed by atoms with Crippen LogP contribution >= 0.6 is 23.2 Å². The van der Waals surface area contributed by atoms with Crippen LogP contribution in [0.3, 0.4) is 0 Å².